The second-order valence-corrected chi connectivity index (χ2v) is 7.35. The van der Waals surface area contributed by atoms with Gasteiger partial charge in [-0.2, -0.15) is 0 Å². The molecule has 0 aromatic heterocycles. The predicted molar refractivity (Wildman–Crippen MR) is 85.2 cm³/mol. The van der Waals surface area contributed by atoms with Crippen molar-refractivity contribution in [2.45, 2.75) is 51.5 Å². The lowest BCUT2D eigenvalue weighted by molar-refractivity contribution is -0.136. The first-order chi connectivity index (χ1) is 10.2. The second kappa shape index (κ2) is 7.10. The van der Waals surface area contributed by atoms with Crippen LogP contribution in [0.15, 0.2) is 0 Å². The van der Waals surface area contributed by atoms with E-state index in [1.165, 1.54) is 32.1 Å². The minimum Gasteiger partial charge on any atom is -0.339 e. The summed E-state index contributed by atoms with van der Waals surface area (Å²) in [7, 11) is 0. The molecule has 0 aromatic rings. The van der Waals surface area contributed by atoms with E-state index < -0.39 is 0 Å². The van der Waals surface area contributed by atoms with Crippen molar-refractivity contribution in [1.29, 1.82) is 0 Å². The highest BCUT2D eigenvalue weighted by molar-refractivity contribution is 5.82. The first-order valence-corrected chi connectivity index (χ1v) is 8.97. The van der Waals surface area contributed by atoms with Crippen LogP contribution in [0.4, 0.5) is 0 Å². The first-order valence-electron chi connectivity index (χ1n) is 8.97. The van der Waals surface area contributed by atoms with Crippen LogP contribution in [0.25, 0.3) is 0 Å². The maximum absolute atomic E-state index is 12.8. The Hall–Kier alpha value is -0.610. The van der Waals surface area contributed by atoms with E-state index in [0.29, 0.717) is 5.91 Å². The van der Waals surface area contributed by atoms with Gasteiger partial charge in [0.25, 0.3) is 0 Å². The third-order valence-electron chi connectivity index (χ3n) is 5.71. The van der Waals surface area contributed by atoms with Gasteiger partial charge in [-0.1, -0.05) is 19.8 Å². The molecule has 0 spiro atoms. The number of nitrogens with zero attached hydrogens (tertiary/aromatic N) is 2. The van der Waals surface area contributed by atoms with Gasteiger partial charge >= 0.3 is 0 Å². The van der Waals surface area contributed by atoms with Gasteiger partial charge in [-0.05, 0) is 44.1 Å². The summed E-state index contributed by atoms with van der Waals surface area (Å²) in [5, 5.41) is 3.33. The lowest BCUT2D eigenvalue weighted by Gasteiger charge is -2.35. The Labute approximate surface area is 129 Å². The van der Waals surface area contributed by atoms with Crippen molar-refractivity contribution in [2.24, 2.45) is 11.8 Å². The molecule has 1 unspecified atom stereocenters. The third kappa shape index (κ3) is 3.78. The van der Waals surface area contributed by atoms with Gasteiger partial charge in [-0.3, -0.25) is 9.69 Å². The van der Waals surface area contributed by atoms with Crippen LogP contribution in [0.1, 0.15) is 45.4 Å². The van der Waals surface area contributed by atoms with Gasteiger partial charge in [0, 0.05) is 32.7 Å². The molecule has 1 saturated carbocycles. The minimum absolute atomic E-state index is 0.183. The number of likely N-dealkylation sites (tertiary alicyclic amines) is 1. The minimum atomic E-state index is 0.183. The van der Waals surface area contributed by atoms with E-state index in [2.05, 4.69) is 22.0 Å². The molecule has 1 amide bonds. The Morgan fingerprint density at radius 2 is 1.76 bits per heavy atom. The van der Waals surface area contributed by atoms with Crippen LogP contribution in [0, 0.1) is 11.8 Å². The fourth-order valence-corrected chi connectivity index (χ4v) is 4.26. The number of nitrogens with one attached hydrogen (secondary N) is 1. The van der Waals surface area contributed by atoms with Crippen molar-refractivity contribution in [3.8, 4) is 0 Å². The molecule has 2 heterocycles. The topological polar surface area (TPSA) is 35.6 Å². The van der Waals surface area contributed by atoms with E-state index >= 15 is 0 Å². The lowest BCUT2D eigenvalue weighted by atomic mass is 9.83. The van der Waals surface area contributed by atoms with Crippen LogP contribution in [0.5, 0.6) is 0 Å². The molecule has 3 rings (SSSR count). The molecule has 21 heavy (non-hydrogen) atoms. The normalized spacial score (nSPS) is 35.1. The first kappa shape index (κ1) is 15.3. The molecule has 1 N–H and O–H groups in total. The molecule has 1 atom stereocenters. The van der Waals surface area contributed by atoms with Gasteiger partial charge in [0.05, 0.1) is 6.04 Å². The fraction of sp³-hybridized carbons (Fsp3) is 0.941. The number of amides is 1. The summed E-state index contributed by atoms with van der Waals surface area (Å²) in [6, 6.07) is 0.183. The average molecular weight is 293 g/mol. The second-order valence-electron chi connectivity index (χ2n) is 7.35. The number of carbonyl (C=O) groups excluding carboxylic acids is 1. The monoisotopic (exact) mass is 293 g/mol. The van der Waals surface area contributed by atoms with E-state index in [1.807, 2.05) is 0 Å². The van der Waals surface area contributed by atoms with Gasteiger partial charge in [-0.15, -0.1) is 0 Å². The van der Waals surface area contributed by atoms with Gasteiger partial charge in [0.2, 0.25) is 5.91 Å². The molecule has 1 aliphatic carbocycles. The van der Waals surface area contributed by atoms with Crippen molar-refractivity contribution in [3.05, 3.63) is 0 Å². The lowest BCUT2D eigenvalue weighted by Crippen LogP contribution is -2.53. The molecule has 3 aliphatic rings. The highest BCUT2D eigenvalue weighted by atomic mass is 16.2. The summed E-state index contributed by atoms with van der Waals surface area (Å²) in [6.45, 7) is 8.37. The molecule has 2 saturated heterocycles. The Bertz CT molecular complexity index is 346. The molecule has 4 heteroatoms. The highest BCUT2D eigenvalue weighted by Crippen LogP contribution is 2.31. The summed E-state index contributed by atoms with van der Waals surface area (Å²) in [4.78, 5) is 17.4. The zero-order valence-corrected chi connectivity index (χ0v) is 13.5. The maximum atomic E-state index is 12.8. The van der Waals surface area contributed by atoms with Crippen LogP contribution in [-0.4, -0.2) is 61.0 Å². The third-order valence-corrected chi connectivity index (χ3v) is 5.71. The van der Waals surface area contributed by atoms with Gasteiger partial charge in [0.15, 0.2) is 0 Å². The van der Waals surface area contributed by atoms with Gasteiger partial charge in [-0.25, -0.2) is 0 Å². The van der Waals surface area contributed by atoms with Crippen molar-refractivity contribution in [3.63, 3.8) is 0 Å². The molecule has 0 radical (unpaired) electrons. The predicted octanol–water partition coefficient (Wildman–Crippen LogP) is 1.71. The summed E-state index contributed by atoms with van der Waals surface area (Å²) in [6.07, 6.45) is 7.78. The SMILES string of the molecule is CC1CCC(CN2CCCC2C(=O)N2CCNCC2)CC1. The smallest absolute Gasteiger partial charge is 0.240 e. The highest BCUT2D eigenvalue weighted by Gasteiger charge is 2.35. The van der Waals surface area contributed by atoms with E-state index in [1.54, 1.807) is 0 Å². The fourth-order valence-electron chi connectivity index (χ4n) is 4.26. The maximum Gasteiger partial charge on any atom is 0.240 e. The van der Waals surface area contributed by atoms with Crippen molar-refractivity contribution in [1.82, 2.24) is 15.1 Å². The average Bonchev–Trinajstić information content (AvgIpc) is 2.98. The van der Waals surface area contributed by atoms with Crippen LogP contribution in [0.2, 0.25) is 0 Å². The van der Waals surface area contributed by atoms with Crippen molar-refractivity contribution in [2.75, 3.05) is 39.3 Å². The quantitative estimate of drug-likeness (QED) is 0.860. The van der Waals surface area contributed by atoms with E-state index in [0.717, 1.165) is 57.5 Å². The molecule has 4 nitrogen and oxygen atoms in total. The summed E-state index contributed by atoms with van der Waals surface area (Å²) < 4.78 is 0. The number of rotatable bonds is 3. The molecule has 120 valence electrons. The number of piperazine rings is 1. The number of hydrogen-bond acceptors (Lipinski definition) is 3. The molecule has 2 aliphatic heterocycles. The Morgan fingerprint density at radius 3 is 2.48 bits per heavy atom. The molecular weight excluding hydrogens is 262 g/mol. The van der Waals surface area contributed by atoms with Crippen LogP contribution in [-0.2, 0) is 4.79 Å². The summed E-state index contributed by atoms with van der Waals surface area (Å²) in [5.41, 5.74) is 0. The van der Waals surface area contributed by atoms with Crippen LogP contribution >= 0.6 is 0 Å². The number of hydrogen-bond donors (Lipinski definition) is 1. The summed E-state index contributed by atoms with van der Waals surface area (Å²) in [5.74, 6) is 2.15. The van der Waals surface area contributed by atoms with E-state index in [4.69, 9.17) is 0 Å². The van der Waals surface area contributed by atoms with Gasteiger partial charge < -0.3 is 10.2 Å². The van der Waals surface area contributed by atoms with E-state index in [9.17, 15) is 4.79 Å². The largest absolute Gasteiger partial charge is 0.339 e. The van der Waals surface area contributed by atoms with Crippen LogP contribution < -0.4 is 5.32 Å². The Morgan fingerprint density at radius 1 is 1.05 bits per heavy atom. The van der Waals surface area contributed by atoms with E-state index in [-0.39, 0.29) is 6.04 Å². The van der Waals surface area contributed by atoms with Crippen LogP contribution in [0.3, 0.4) is 0 Å². The zero-order valence-electron chi connectivity index (χ0n) is 13.5. The molecular formula is C17H31N3O. The summed E-state index contributed by atoms with van der Waals surface area (Å²) >= 11 is 0. The number of carbonyl (C=O) groups is 1. The molecule has 0 aromatic carbocycles. The zero-order chi connectivity index (χ0) is 14.7. The Balaban J connectivity index is 1.53. The Kier molecular flexibility index (Phi) is 5.17. The van der Waals surface area contributed by atoms with Crippen molar-refractivity contribution < 1.29 is 4.79 Å². The molecule has 3 fully saturated rings. The standard InChI is InChI=1S/C17H31N3O/c1-14-4-6-15(7-5-14)13-20-10-2-3-16(20)17(21)19-11-8-18-9-12-19/h14-16,18H,2-13H2,1H3. The van der Waals surface area contributed by atoms with Crippen molar-refractivity contribution >= 4 is 5.91 Å². The van der Waals surface area contributed by atoms with Gasteiger partial charge in [0.1, 0.15) is 0 Å². The molecule has 0 bridgehead atoms.